The molecule has 0 bridgehead atoms. The summed E-state index contributed by atoms with van der Waals surface area (Å²) in [6.07, 6.45) is -28.9. The Morgan fingerprint density at radius 1 is 0.667 bits per heavy atom. The maximum Gasteiger partial charge on any atom is 0.434 e. The summed E-state index contributed by atoms with van der Waals surface area (Å²) < 4.78 is 148. The first-order chi connectivity index (χ1) is 8.47. The molecule has 0 radical (unpaired) electrons. The molecular weight excluding hydrogens is 562 g/mol. The van der Waals surface area contributed by atoms with Crippen molar-refractivity contribution in [3.05, 3.63) is 6.92 Å². The molecule has 0 fully saturated rings. The van der Waals surface area contributed by atoms with Gasteiger partial charge < -0.3 is 6.92 Å². The molecule has 0 aliphatic carbocycles. The molecule has 0 saturated carbocycles. The average Bonchev–Trinajstić information content (AvgIpc) is 2.20. The van der Waals surface area contributed by atoms with E-state index in [9.17, 15) is 52.7 Å². The van der Waals surface area contributed by atoms with E-state index in [4.69, 9.17) is 0 Å². The van der Waals surface area contributed by atoms with Crippen molar-refractivity contribution in [2.75, 3.05) is 0 Å². The van der Waals surface area contributed by atoms with E-state index in [1.807, 2.05) is 0 Å². The van der Waals surface area contributed by atoms with Gasteiger partial charge >= 0.3 is 24.2 Å². The molecule has 0 aliphatic rings. The second kappa shape index (κ2) is 6.37. The zero-order valence-corrected chi connectivity index (χ0v) is 13.7. The van der Waals surface area contributed by atoms with Crippen LogP contribution in [-0.4, -0.2) is 36.0 Å². The number of halogens is 12. The quantitative estimate of drug-likeness (QED) is 0.345. The summed E-state index contributed by atoms with van der Waals surface area (Å²) in [5.74, 6) is 0. The van der Waals surface area contributed by atoms with E-state index in [0.29, 0.717) is 0 Å². The van der Waals surface area contributed by atoms with Gasteiger partial charge in [0.05, 0.1) is 0 Å². The summed E-state index contributed by atoms with van der Waals surface area (Å²) >= 11 is 0. The number of rotatable bonds is 3. The first kappa shape index (κ1) is 23.5. The molecule has 2 atom stereocenters. The van der Waals surface area contributed by atoms with Crippen LogP contribution in [0.2, 0.25) is 0 Å². The van der Waals surface area contributed by atoms with Crippen LogP contribution < -0.4 is 0 Å². The molecule has 0 aromatic carbocycles. The first-order valence-electron chi connectivity index (χ1n) is 4.48. The third-order valence-electron chi connectivity index (χ3n) is 2.41. The Balaban J connectivity index is 0. The van der Waals surface area contributed by atoms with Gasteiger partial charge in [-0.3, -0.25) is 0 Å². The Kier molecular flexibility index (Phi) is 7.13. The van der Waals surface area contributed by atoms with Crippen LogP contribution in [0.3, 0.4) is 0 Å². The minimum atomic E-state index is -7.15. The molecule has 126 valence electrons. The molecule has 21 heavy (non-hydrogen) atoms. The molecule has 0 aromatic rings. The summed E-state index contributed by atoms with van der Waals surface area (Å²) in [5.41, 5.74) is -12.8. The number of hydrogen-bond donors (Lipinski definition) is 0. The van der Waals surface area contributed by atoms with Crippen LogP contribution in [0.4, 0.5) is 52.7 Å². The fraction of sp³-hybridized carbons (Fsp3) is 0.875. The summed E-state index contributed by atoms with van der Waals surface area (Å²) in [5, 5.41) is 0. The normalized spacial score (nSPS) is 18.7. The third-order valence-corrected chi connectivity index (χ3v) is 2.41. The molecular formula is C8H5F12U-. The maximum atomic E-state index is 13.2. The number of hydrogen-bond acceptors (Lipinski definition) is 0. The van der Waals surface area contributed by atoms with Crippen molar-refractivity contribution >= 4 is 0 Å². The van der Waals surface area contributed by atoms with Crippen LogP contribution in [-0.2, 0) is 0 Å². The van der Waals surface area contributed by atoms with Gasteiger partial charge in [0.25, 0.3) is 0 Å². The second-order valence-corrected chi connectivity index (χ2v) is 3.68. The Morgan fingerprint density at radius 2 is 0.952 bits per heavy atom. The molecule has 0 nitrogen and oxygen atoms in total. The van der Waals surface area contributed by atoms with Crippen LogP contribution >= 0.6 is 0 Å². The van der Waals surface area contributed by atoms with E-state index >= 15 is 0 Å². The summed E-state index contributed by atoms with van der Waals surface area (Å²) in [6, 6.07) is 0. The zero-order valence-electron chi connectivity index (χ0n) is 9.53. The Bertz CT molecular complexity index is 327. The summed E-state index contributed by atoms with van der Waals surface area (Å²) in [7, 11) is 0. The van der Waals surface area contributed by atoms with Crippen molar-refractivity contribution in [2.24, 2.45) is 0 Å². The fourth-order valence-electron chi connectivity index (χ4n) is 1.18. The molecule has 0 N–H and O–H groups in total. The smallest absolute Gasteiger partial charge is 0.340 e. The molecule has 0 saturated heterocycles. The van der Waals surface area contributed by atoms with Crippen molar-refractivity contribution in [1.29, 1.82) is 0 Å². The number of alkyl halides is 12. The second-order valence-electron chi connectivity index (χ2n) is 3.68. The Hall–Kier alpha value is 0.212. The molecule has 0 aliphatic heterocycles. The van der Waals surface area contributed by atoms with Crippen molar-refractivity contribution < 1.29 is 83.8 Å². The molecule has 2 unspecified atom stereocenters. The predicted molar refractivity (Wildman–Crippen MR) is 40.7 cm³/mol. The Labute approximate surface area is 133 Å². The van der Waals surface area contributed by atoms with E-state index in [1.54, 1.807) is 0 Å². The van der Waals surface area contributed by atoms with Crippen molar-refractivity contribution in [3.63, 3.8) is 0 Å². The topological polar surface area (TPSA) is 0 Å². The average molecular weight is 567 g/mol. The molecule has 0 aromatic heterocycles. The van der Waals surface area contributed by atoms with Gasteiger partial charge in [0, 0.05) is 31.1 Å². The summed E-state index contributed by atoms with van der Waals surface area (Å²) in [6.45, 7) is 2.09. The minimum absolute atomic E-state index is 0. The van der Waals surface area contributed by atoms with Gasteiger partial charge in [-0.25, -0.2) is 13.2 Å². The van der Waals surface area contributed by atoms with Crippen LogP contribution in [0, 0.1) is 38.0 Å². The van der Waals surface area contributed by atoms with Crippen molar-refractivity contribution in [2.45, 2.75) is 42.5 Å². The summed E-state index contributed by atoms with van der Waals surface area (Å²) in [4.78, 5) is 0. The minimum Gasteiger partial charge on any atom is -0.340 e. The van der Waals surface area contributed by atoms with Gasteiger partial charge in [0.15, 0.2) is 6.17 Å². The molecule has 0 rings (SSSR count). The monoisotopic (exact) mass is 567 g/mol. The van der Waals surface area contributed by atoms with Crippen LogP contribution in [0.25, 0.3) is 0 Å². The third kappa shape index (κ3) is 3.76. The standard InChI is InChI=1S/C8H5F12.U/c1-2-4(10,6(12,13)14)3(9)5(11,7(15,16)17)8(18,19)20;/h3H,1-2H2;/q-1;. The predicted octanol–water partition coefficient (Wildman–Crippen LogP) is 4.65. The van der Waals surface area contributed by atoms with Gasteiger partial charge in [-0.05, 0) is 0 Å². The Morgan fingerprint density at radius 3 is 1.10 bits per heavy atom. The molecule has 0 spiro atoms. The largest absolute Gasteiger partial charge is 0.434 e. The fourth-order valence-corrected chi connectivity index (χ4v) is 1.18. The van der Waals surface area contributed by atoms with Crippen LogP contribution in [0.1, 0.15) is 6.42 Å². The van der Waals surface area contributed by atoms with E-state index in [2.05, 4.69) is 6.92 Å². The van der Waals surface area contributed by atoms with Gasteiger partial charge in [-0.1, -0.05) is 0 Å². The maximum absolute atomic E-state index is 13.2. The van der Waals surface area contributed by atoms with Gasteiger partial charge in [-0.15, -0.1) is 6.42 Å². The van der Waals surface area contributed by atoms with Crippen molar-refractivity contribution in [1.82, 2.24) is 0 Å². The molecule has 0 amide bonds. The zero-order chi connectivity index (χ0) is 16.8. The SMILES string of the molecule is [CH2-]CC(F)(C(F)C(F)(C(F)(F)F)C(F)(F)F)C(F)(F)F.[U]. The van der Waals surface area contributed by atoms with E-state index in [1.165, 1.54) is 0 Å². The van der Waals surface area contributed by atoms with Crippen molar-refractivity contribution in [3.8, 4) is 0 Å². The van der Waals surface area contributed by atoms with E-state index < -0.39 is 42.5 Å². The van der Waals surface area contributed by atoms with Crippen LogP contribution in [0.5, 0.6) is 0 Å². The van der Waals surface area contributed by atoms with Gasteiger partial charge in [-0.2, -0.15) is 39.5 Å². The van der Waals surface area contributed by atoms with Gasteiger partial charge in [0.1, 0.15) is 0 Å². The van der Waals surface area contributed by atoms with Gasteiger partial charge in [0.2, 0.25) is 5.67 Å². The van der Waals surface area contributed by atoms with E-state index in [0.717, 1.165) is 0 Å². The van der Waals surface area contributed by atoms with Crippen LogP contribution in [0.15, 0.2) is 0 Å². The first-order valence-corrected chi connectivity index (χ1v) is 4.48. The van der Waals surface area contributed by atoms with E-state index in [-0.39, 0.29) is 31.1 Å². The molecule has 13 heteroatoms. The molecule has 0 heterocycles.